The maximum absolute atomic E-state index is 10.2. The fraction of sp³-hybridized carbons (Fsp3) is 0.250. The van der Waals surface area contributed by atoms with Gasteiger partial charge in [-0.25, -0.2) is 16.8 Å². The zero-order valence-electron chi connectivity index (χ0n) is 18.6. The van der Waals surface area contributed by atoms with Gasteiger partial charge in [0.2, 0.25) is 20.6 Å². The molecule has 0 amide bonds. The van der Waals surface area contributed by atoms with Gasteiger partial charge in [-0.15, -0.1) is 10.2 Å². The monoisotopic (exact) mass is 502 g/mol. The second-order valence-corrected chi connectivity index (χ2v) is 8.08. The molecule has 0 aromatic heterocycles. The van der Waals surface area contributed by atoms with Gasteiger partial charge >= 0.3 is 59.1 Å². The van der Waals surface area contributed by atoms with Gasteiger partial charge in [0.25, 0.3) is 0 Å². The second-order valence-electron chi connectivity index (χ2n) is 6.04. The van der Waals surface area contributed by atoms with Crippen molar-refractivity contribution < 1.29 is 85.1 Å². The molecule has 0 heterocycles. The van der Waals surface area contributed by atoms with E-state index in [4.69, 9.17) is 0 Å². The molecule has 2 rings (SSSR count). The summed E-state index contributed by atoms with van der Waals surface area (Å²) < 4.78 is 66.2. The summed E-state index contributed by atoms with van der Waals surface area (Å²) in [6.45, 7) is 0. The van der Waals surface area contributed by atoms with E-state index in [0.29, 0.717) is 11.4 Å². The van der Waals surface area contributed by atoms with E-state index in [9.17, 15) is 25.9 Å². The molecule has 2 aromatic carbocycles. The van der Waals surface area contributed by atoms with Crippen molar-refractivity contribution in [2.45, 2.75) is 0 Å². The Morgan fingerprint density at radius 2 is 0.844 bits per heavy atom. The van der Waals surface area contributed by atoms with Crippen LogP contribution in [0.15, 0.2) is 67.8 Å². The van der Waals surface area contributed by atoms with Gasteiger partial charge in [0.15, 0.2) is 0 Å². The van der Waals surface area contributed by atoms with Crippen molar-refractivity contribution in [1.82, 2.24) is 0 Å². The molecule has 0 aliphatic carbocycles. The molecular formula is C16H20N6Na2O6S2. The van der Waals surface area contributed by atoms with E-state index < -0.39 is 20.6 Å². The maximum Gasteiger partial charge on any atom is 1.00 e. The summed E-state index contributed by atoms with van der Waals surface area (Å²) >= 11 is 0. The largest absolute Gasteiger partial charge is 1.00 e. The summed E-state index contributed by atoms with van der Waals surface area (Å²) in [6.07, 6.45) is 0. The topological polar surface area (TPSA) is 170 Å². The SMILES string of the molecule is CN(C)c1ccc(/N=N/S(=O)(=O)[O-])cc1.CN(C)c1ccc(/N=N/S(=O)(=O)[O-])cc1.[Na+].[Na+]. The predicted molar refractivity (Wildman–Crippen MR) is 110 cm³/mol. The number of hydrogen-bond acceptors (Lipinski definition) is 10. The van der Waals surface area contributed by atoms with Crippen LogP contribution in [0.4, 0.5) is 22.7 Å². The molecular weight excluding hydrogens is 482 g/mol. The summed E-state index contributed by atoms with van der Waals surface area (Å²) in [5.41, 5.74) is 2.53. The molecule has 0 aliphatic heterocycles. The number of rotatable bonds is 6. The first-order valence-corrected chi connectivity index (χ1v) is 10.8. The van der Waals surface area contributed by atoms with E-state index in [-0.39, 0.29) is 59.1 Å². The van der Waals surface area contributed by atoms with Crippen molar-refractivity contribution in [2.24, 2.45) is 19.3 Å². The van der Waals surface area contributed by atoms with Gasteiger partial charge in [-0.1, -0.05) is 9.04 Å². The second kappa shape index (κ2) is 15.1. The molecule has 2 aromatic rings. The predicted octanol–water partition coefficient (Wildman–Crippen LogP) is -3.40. The van der Waals surface area contributed by atoms with Crippen LogP contribution in [0.1, 0.15) is 0 Å². The Bertz CT molecular complexity index is 1000. The first kappa shape index (κ1) is 33.2. The molecule has 0 unspecified atom stereocenters. The number of benzene rings is 2. The summed E-state index contributed by atoms with van der Waals surface area (Å²) in [7, 11) is -1.81. The van der Waals surface area contributed by atoms with Gasteiger partial charge in [-0.3, -0.25) is 0 Å². The molecule has 0 fully saturated rings. The minimum atomic E-state index is -4.65. The van der Waals surface area contributed by atoms with Crippen LogP contribution in [-0.4, -0.2) is 54.1 Å². The summed E-state index contributed by atoms with van der Waals surface area (Å²) in [5.74, 6) is 0. The molecule has 0 atom stereocenters. The van der Waals surface area contributed by atoms with Gasteiger partial charge in [-0.2, -0.15) is 0 Å². The normalized spacial score (nSPS) is 11.2. The van der Waals surface area contributed by atoms with Crippen LogP contribution in [0.2, 0.25) is 0 Å². The van der Waals surface area contributed by atoms with Gasteiger partial charge < -0.3 is 18.9 Å². The van der Waals surface area contributed by atoms with E-state index in [2.05, 4.69) is 19.3 Å². The molecule has 164 valence electrons. The average molecular weight is 502 g/mol. The summed E-state index contributed by atoms with van der Waals surface area (Å²) in [6, 6.07) is 13.3. The standard InChI is InChI=1S/2C8H11N3O3S.2Na/c2*1-11(2)8-5-3-7(4-6-8)9-10-15(12,13)14;;/h2*3-6H,1-2H3,(H,12,13,14);;/q;;2*+1/p-2/b2*10-9+;;. The average Bonchev–Trinajstić information content (AvgIpc) is 2.65. The number of anilines is 2. The fourth-order valence-electron chi connectivity index (χ4n) is 1.83. The van der Waals surface area contributed by atoms with E-state index in [0.717, 1.165) is 11.4 Å². The molecule has 0 bridgehead atoms. The van der Waals surface area contributed by atoms with Crippen molar-refractivity contribution in [3.05, 3.63) is 48.5 Å². The Balaban J connectivity index is 0. The third-order valence-corrected chi connectivity index (χ3v) is 3.81. The summed E-state index contributed by atoms with van der Waals surface area (Å²) in [4.78, 5) is 3.76. The van der Waals surface area contributed by atoms with E-state index in [1.54, 1.807) is 48.5 Å². The fourth-order valence-corrected chi connectivity index (χ4v) is 2.22. The van der Waals surface area contributed by atoms with Crippen LogP contribution in [-0.2, 0) is 20.6 Å². The Kier molecular flexibility index (Phi) is 15.6. The molecule has 32 heavy (non-hydrogen) atoms. The smallest absolute Gasteiger partial charge is 0.728 e. The first-order valence-electron chi connectivity index (χ1n) is 8.09. The minimum absolute atomic E-state index is 0. The molecule has 12 nitrogen and oxygen atoms in total. The van der Waals surface area contributed by atoms with Crippen molar-refractivity contribution in [3.63, 3.8) is 0 Å². The van der Waals surface area contributed by atoms with Gasteiger partial charge in [0.05, 0.1) is 11.4 Å². The van der Waals surface area contributed by atoms with Crippen LogP contribution >= 0.6 is 0 Å². The van der Waals surface area contributed by atoms with Crippen LogP contribution in [0.3, 0.4) is 0 Å². The third-order valence-electron chi connectivity index (χ3n) is 3.24. The van der Waals surface area contributed by atoms with Crippen molar-refractivity contribution in [1.29, 1.82) is 0 Å². The Labute approximate surface area is 232 Å². The number of nitrogens with zero attached hydrogens (tertiary/aromatic N) is 6. The van der Waals surface area contributed by atoms with E-state index >= 15 is 0 Å². The van der Waals surface area contributed by atoms with Crippen LogP contribution in [0.25, 0.3) is 0 Å². The molecule has 0 N–H and O–H groups in total. The maximum atomic E-state index is 10.2. The van der Waals surface area contributed by atoms with Gasteiger partial charge in [0.1, 0.15) is 0 Å². The quantitative estimate of drug-likeness (QED) is 0.224. The van der Waals surface area contributed by atoms with Crippen molar-refractivity contribution >= 4 is 43.4 Å². The zero-order chi connectivity index (χ0) is 22.9. The number of hydrogen-bond donors (Lipinski definition) is 0. The summed E-state index contributed by atoms with van der Waals surface area (Å²) in [5, 5.41) is 6.57. The van der Waals surface area contributed by atoms with Gasteiger partial charge in [0, 0.05) is 39.6 Å². The van der Waals surface area contributed by atoms with Gasteiger partial charge in [-0.05, 0) is 48.5 Å². The van der Waals surface area contributed by atoms with Crippen molar-refractivity contribution in [2.75, 3.05) is 38.0 Å². The molecule has 0 radical (unpaired) electrons. The van der Waals surface area contributed by atoms with E-state index in [1.807, 2.05) is 38.0 Å². The molecule has 0 saturated heterocycles. The van der Waals surface area contributed by atoms with Crippen LogP contribution in [0, 0.1) is 0 Å². The molecule has 16 heteroatoms. The molecule has 0 saturated carbocycles. The van der Waals surface area contributed by atoms with Crippen LogP contribution < -0.4 is 68.9 Å². The molecule has 0 spiro atoms. The van der Waals surface area contributed by atoms with Crippen molar-refractivity contribution in [3.8, 4) is 0 Å². The first-order chi connectivity index (χ1) is 13.8. The Morgan fingerprint density at radius 3 is 1.03 bits per heavy atom. The minimum Gasteiger partial charge on any atom is -0.728 e. The molecule has 0 aliphatic rings. The Morgan fingerprint density at radius 1 is 0.594 bits per heavy atom. The van der Waals surface area contributed by atoms with E-state index in [1.165, 1.54) is 0 Å². The third kappa shape index (κ3) is 15.0. The van der Waals surface area contributed by atoms with Crippen LogP contribution in [0.5, 0.6) is 0 Å². The zero-order valence-corrected chi connectivity index (χ0v) is 24.2. The Hall–Kier alpha value is -0.940.